The number of allylic oxidation sites excluding steroid dienone is 1. The van der Waals surface area contributed by atoms with Gasteiger partial charge in [0.2, 0.25) is 0 Å². The molecule has 0 aliphatic heterocycles. The van der Waals surface area contributed by atoms with Crippen LogP contribution in [-0.4, -0.2) is 44.8 Å². The van der Waals surface area contributed by atoms with Crippen molar-refractivity contribution in [1.82, 2.24) is 19.7 Å². The first-order valence-corrected chi connectivity index (χ1v) is 10.2. The van der Waals surface area contributed by atoms with Crippen molar-refractivity contribution in [3.63, 3.8) is 0 Å². The van der Waals surface area contributed by atoms with E-state index in [1.807, 2.05) is 0 Å². The van der Waals surface area contributed by atoms with Crippen LogP contribution in [0.2, 0.25) is 0 Å². The molecule has 1 amide bonds. The first-order chi connectivity index (χ1) is 15.7. The Bertz CT molecular complexity index is 1140. The molecule has 1 aliphatic rings. The Hall–Kier alpha value is -3.81. The molecule has 8 nitrogen and oxygen atoms in total. The predicted octanol–water partition coefficient (Wildman–Crippen LogP) is 4.22. The lowest BCUT2D eigenvalue weighted by Crippen LogP contribution is -2.37. The van der Waals surface area contributed by atoms with E-state index < -0.39 is 23.7 Å². The first-order valence-electron chi connectivity index (χ1n) is 10.2. The SMILES string of the molecule is C=N/C(=N\C=C/C)n1ncnc1C(C)N(CC1CC1)C(=O)c1cc(C#N)cc(C(F)(F)F)c1. The third-order valence-electron chi connectivity index (χ3n) is 5.13. The smallest absolute Gasteiger partial charge is 0.328 e. The number of aliphatic imine (C=N–C) groups is 2. The van der Waals surface area contributed by atoms with Crippen LogP contribution in [0.15, 0.2) is 46.8 Å². The number of carbonyl (C=O) groups is 1. The summed E-state index contributed by atoms with van der Waals surface area (Å²) in [4.78, 5) is 27.1. The summed E-state index contributed by atoms with van der Waals surface area (Å²) < 4.78 is 41.4. The van der Waals surface area contributed by atoms with Crippen LogP contribution in [0, 0.1) is 17.2 Å². The van der Waals surface area contributed by atoms with E-state index in [0.29, 0.717) is 12.4 Å². The van der Waals surface area contributed by atoms with Crippen molar-refractivity contribution in [3.05, 3.63) is 59.3 Å². The third-order valence-corrected chi connectivity index (χ3v) is 5.13. The Morgan fingerprint density at radius 2 is 2.15 bits per heavy atom. The summed E-state index contributed by atoms with van der Waals surface area (Å²) >= 11 is 0. The predicted molar refractivity (Wildman–Crippen MR) is 116 cm³/mol. The van der Waals surface area contributed by atoms with Gasteiger partial charge in [0.05, 0.1) is 23.2 Å². The Morgan fingerprint density at radius 3 is 2.73 bits per heavy atom. The maximum Gasteiger partial charge on any atom is 0.416 e. The van der Waals surface area contributed by atoms with Crippen LogP contribution >= 0.6 is 0 Å². The summed E-state index contributed by atoms with van der Waals surface area (Å²) in [5.41, 5.74) is -1.51. The summed E-state index contributed by atoms with van der Waals surface area (Å²) in [5.74, 6) is 0.0667. The highest BCUT2D eigenvalue weighted by Crippen LogP contribution is 2.35. The lowest BCUT2D eigenvalue weighted by Gasteiger charge is -2.29. The number of nitrogens with zero attached hydrogens (tertiary/aromatic N) is 7. The lowest BCUT2D eigenvalue weighted by molar-refractivity contribution is -0.137. The van der Waals surface area contributed by atoms with Crippen molar-refractivity contribution in [3.8, 4) is 6.07 Å². The lowest BCUT2D eigenvalue weighted by atomic mass is 10.0. The van der Waals surface area contributed by atoms with Gasteiger partial charge in [-0.2, -0.15) is 28.2 Å². The molecular formula is C22H22F3N7O. The van der Waals surface area contributed by atoms with Gasteiger partial charge in [-0.25, -0.2) is 15.0 Å². The molecule has 1 aliphatic carbocycles. The molecule has 1 saturated carbocycles. The van der Waals surface area contributed by atoms with E-state index in [4.69, 9.17) is 0 Å². The number of aromatic nitrogens is 3. The largest absolute Gasteiger partial charge is 0.416 e. The minimum atomic E-state index is -4.69. The number of hydrogen-bond donors (Lipinski definition) is 0. The summed E-state index contributed by atoms with van der Waals surface area (Å²) in [6.07, 6.45) is 1.60. The van der Waals surface area contributed by atoms with Crippen molar-refractivity contribution in [2.24, 2.45) is 15.9 Å². The zero-order valence-corrected chi connectivity index (χ0v) is 18.1. The third kappa shape index (κ3) is 5.52. The van der Waals surface area contributed by atoms with Crippen LogP contribution in [0.1, 0.15) is 60.0 Å². The fourth-order valence-electron chi connectivity index (χ4n) is 3.27. The van der Waals surface area contributed by atoms with Gasteiger partial charge < -0.3 is 4.90 Å². The molecule has 33 heavy (non-hydrogen) atoms. The van der Waals surface area contributed by atoms with E-state index in [2.05, 4.69) is 26.8 Å². The number of halogens is 3. The first kappa shape index (κ1) is 23.8. The summed E-state index contributed by atoms with van der Waals surface area (Å²) in [6, 6.07) is 3.69. The summed E-state index contributed by atoms with van der Waals surface area (Å²) in [6.45, 7) is 7.29. The van der Waals surface area contributed by atoms with E-state index in [1.54, 1.807) is 26.0 Å². The molecule has 0 saturated heterocycles. The highest BCUT2D eigenvalue weighted by Gasteiger charge is 2.35. The van der Waals surface area contributed by atoms with Gasteiger partial charge in [-0.1, -0.05) is 6.08 Å². The van der Waals surface area contributed by atoms with Crippen LogP contribution in [0.3, 0.4) is 0 Å². The van der Waals surface area contributed by atoms with Gasteiger partial charge in [-0.05, 0) is 57.5 Å². The van der Waals surface area contributed by atoms with Gasteiger partial charge in [-0.15, -0.1) is 0 Å². The number of rotatable bonds is 6. The molecule has 1 fully saturated rings. The number of amides is 1. The van der Waals surface area contributed by atoms with Crippen molar-refractivity contribution in [2.75, 3.05) is 6.54 Å². The zero-order valence-electron chi connectivity index (χ0n) is 18.1. The highest BCUT2D eigenvalue weighted by molar-refractivity contribution is 5.95. The fourth-order valence-corrected chi connectivity index (χ4v) is 3.27. The monoisotopic (exact) mass is 457 g/mol. The fraction of sp³-hybridized carbons (Fsp3) is 0.364. The van der Waals surface area contributed by atoms with Crippen LogP contribution < -0.4 is 0 Å². The van der Waals surface area contributed by atoms with Crippen molar-refractivity contribution in [1.29, 1.82) is 5.26 Å². The molecule has 1 aromatic heterocycles. The van der Waals surface area contributed by atoms with E-state index >= 15 is 0 Å². The van der Waals surface area contributed by atoms with E-state index in [-0.39, 0.29) is 23.0 Å². The zero-order chi connectivity index (χ0) is 24.2. The quantitative estimate of drug-likeness (QED) is 0.479. The molecule has 172 valence electrons. The second kappa shape index (κ2) is 9.77. The molecule has 1 atom stereocenters. The van der Waals surface area contributed by atoms with E-state index in [9.17, 15) is 23.2 Å². The summed E-state index contributed by atoms with van der Waals surface area (Å²) in [5, 5.41) is 13.3. The number of carbonyl (C=O) groups excluding carboxylic acids is 1. The van der Waals surface area contributed by atoms with Gasteiger partial charge in [0.1, 0.15) is 6.33 Å². The van der Waals surface area contributed by atoms with Gasteiger partial charge in [-0.3, -0.25) is 4.79 Å². The number of alkyl halides is 3. The molecule has 0 bridgehead atoms. The van der Waals surface area contributed by atoms with Crippen molar-refractivity contribution >= 4 is 18.6 Å². The van der Waals surface area contributed by atoms with Crippen LogP contribution in [-0.2, 0) is 6.18 Å². The van der Waals surface area contributed by atoms with Crippen LogP contribution in [0.25, 0.3) is 0 Å². The number of hydrogen-bond acceptors (Lipinski definition) is 5. The maximum atomic E-state index is 13.4. The normalized spacial score (nSPS) is 15.3. The molecular weight excluding hydrogens is 435 g/mol. The molecule has 0 N–H and O–H groups in total. The van der Waals surface area contributed by atoms with E-state index in [0.717, 1.165) is 25.0 Å². The number of benzene rings is 1. The molecule has 0 radical (unpaired) electrons. The van der Waals surface area contributed by atoms with Crippen molar-refractivity contribution < 1.29 is 18.0 Å². The number of nitriles is 1. The van der Waals surface area contributed by atoms with Gasteiger partial charge in [0.25, 0.3) is 11.9 Å². The molecule has 1 unspecified atom stereocenters. The van der Waals surface area contributed by atoms with Crippen molar-refractivity contribution in [2.45, 2.75) is 38.9 Å². The van der Waals surface area contributed by atoms with Gasteiger partial charge in [0.15, 0.2) is 5.82 Å². The molecule has 11 heteroatoms. The topological polar surface area (TPSA) is 99.5 Å². The Labute approximate surface area is 188 Å². The Balaban J connectivity index is 2.03. The standard InChI is InChI=1S/C22H22F3N7O/c1-4-7-28-21(27-3)32-19(29-13-30-32)14(2)31(12-15-5-6-15)20(33)17-8-16(11-26)9-18(10-17)22(23,24)25/h4,7-10,13-15H,3,5-6,12H2,1-2H3/b7-4-,28-21+. The van der Waals surface area contributed by atoms with Crippen LogP contribution in [0.5, 0.6) is 0 Å². The molecule has 3 rings (SSSR count). The minimum Gasteiger partial charge on any atom is -0.328 e. The average Bonchev–Trinajstić information content (AvgIpc) is 3.49. The molecule has 1 heterocycles. The van der Waals surface area contributed by atoms with Gasteiger partial charge >= 0.3 is 6.18 Å². The minimum absolute atomic E-state index is 0.136. The average molecular weight is 457 g/mol. The van der Waals surface area contributed by atoms with Crippen LogP contribution in [0.4, 0.5) is 13.2 Å². The van der Waals surface area contributed by atoms with Gasteiger partial charge in [0, 0.05) is 18.3 Å². The Kier molecular flexibility index (Phi) is 7.06. The Morgan fingerprint density at radius 1 is 1.42 bits per heavy atom. The second-order valence-electron chi connectivity index (χ2n) is 7.59. The molecule has 1 aromatic carbocycles. The van der Waals surface area contributed by atoms with E-state index in [1.165, 1.54) is 28.2 Å². The molecule has 2 aromatic rings. The second-order valence-corrected chi connectivity index (χ2v) is 7.59. The molecule has 0 spiro atoms. The summed E-state index contributed by atoms with van der Waals surface area (Å²) in [7, 11) is 0. The highest BCUT2D eigenvalue weighted by atomic mass is 19.4. The maximum absolute atomic E-state index is 13.4.